The third kappa shape index (κ3) is 4.17. The Morgan fingerprint density at radius 2 is 2.33 bits per heavy atom. The number of carbonyl (C=O) groups excluding carboxylic acids is 1. The predicted molar refractivity (Wildman–Crippen MR) is 88.6 cm³/mol. The van der Waals surface area contributed by atoms with Crippen molar-refractivity contribution in [3.8, 4) is 0 Å². The molecule has 1 aliphatic heterocycles. The van der Waals surface area contributed by atoms with Crippen LogP contribution in [-0.2, 0) is 0 Å². The Labute approximate surface area is 134 Å². The minimum Gasteiger partial charge on any atom is -0.372 e. The molecular formula is C15H23BrN4O. The molecule has 1 amide bonds. The molecule has 0 saturated carbocycles. The largest absolute Gasteiger partial charge is 0.372 e. The van der Waals surface area contributed by atoms with Gasteiger partial charge < -0.3 is 15.5 Å². The van der Waals surface area contributed by atoms with Gasteiger partial charge in [-0.1, -0.05) is 0 Å². The lowest BCUT2D eigenvalue weighted by atomic mass is 10.1. The van der Waals surface area contributed by atoms with Gasteiger partial charge in [0.2, 0.25) is 0 Å². The van der Waals surface area contributed by atoms with E-state index >= 15 is 0 Å². The number of anilines is 1. The van der Waals surface area contributed by atoms with Crippen LogP contribution in [0.2, 0.25) is 0 Å². The molecule has 2 heterocycles. The van der Waals surface area contributed by atoms with Gasteiger partial charge in [-0.05, 0) is 54.7 Å². The first-order chi connectivity index (χ1) is 10.0. The van der Waals surface area contributed by atoms with Gasteiger partial charge in [-0.3, -0.25) is 4.79 Å². The minimum atomic E-state index is -0.0730. The summed E-state index contributed by atoms with van der Waals surface area (Å²) in [6.45, 7) is 7.34. The zero-order chi connectivity index (χ0) is 15.4. The van der Waals surface area contributed by atoms with Gasteiger partial charge in [0.25, 0.3) is 5.91 Å². The van der Waals surface area contributed by atoms with Crippen molar-refractivity contribution < 1.29 is 4.79 Å². The van der Waals surface area contributed by atoms with Crippen molar-refractivity contribution in [3.63, 3.8) is 0 Å². The zero-order valence-corrected chi connectivity index (χ0v) is 14.4. The van der Waals surface area contributed by atoms with E-state index in [1.807, 2.05) is 0 Å². The molecule has 0 aliphatic carbocycles. The molecular weight excluding hydrogens is 332 g/mol. The molecule has 2 rings (SSSR count). The van der Waals surface area contributed by atoms with E-state index in [4.69, 9.17) is 0 Å². The van der Waals surface area contributed by atoms with Crippen molar-refractivity contribution in [2.24, 2.45) is 5.92 Å². The predicted octanol–water partition coefficient (Wildman–Crippen LogP) is 2.35. The number of pyridine rings is 1. The highest BCUT2D eigenvalue weighted by Crippen LogP contribution is 2.19. The number of carbonyl (C=O) groups is 1. The number of likely N-dealkylation sites (tertiary alicyclic amines) is 1. The Bertz CT molecular complexity index is 506. The van der Waals surface area contributed by atoms with Crippen LogP contribution in [0.15, 0.2) is 16.7 Å². The monoisotopic (exact) mass is 354 g/mol. The molecule has 0 spiro atoms. The molecule has 0 bridgehead atoms. The average Bonchev–Trinajstić information content (AvgIpc) is 2.94. The average molecular weight is 355 g/mol. The van der Waals surface area contributed by atoms with E-state index in [2.05, 4.69) is 50.3 Å². The van der Waals surface area contributed by atoms with E-state index in [1.165, 1.54) is 0 Å². The first kappa shape index (κ1) is 16.2. The summed E-state index contributed by atoms with van der Waals surface area (Å²) in [6, 6.07) is 2.37. The van der Waals surface area contributed by atoms with Crippen LogP contribution in [0.4, 0.5) is 5.82 Å². The Balaban J connectivity index is 1.92. The summed E-state index contributed by atoms with van der Waals surface area (Å²) in [4.78, 5) is 19.0. The highest BCUT2D eigenvalue weighted by atomic mass is 79.9. The normalized spacial score (nSPS) is 19.0. The zero-order valence-electron chi connectivity index (χ0n) is 12.8. The van der Waals surface area contributed by atoms with Gasteiger partial charge in [0.05, 0.1) is 5.56 Å². The second kappa shape index (κ2) is 7.22. The van der Waals surface area contributed by atoms with Crippen LogP contribution in [0.5, 0.6) is 0 Å². The molecule has 21 heavy (non-hydrogen) atoms. The van der Waals surface area contributed by atoms with Crippen LogP contribution in [0, 0.1) is 5.92 Å². The molecule has 1 fully saturated rings. The molecule has 1 saturated heterocycles. The molecule has 1 atom stereocenters. The van der Waals surface area contributed by atoms with Crippen molar-refractivity contribution in [3.05, 3.63) is 22.3 Å². The third-order valence-electron chi connectivity index (χ3n) is 3.93. The Kier molecular flexibility index (Phi) is 5.58. The smallest absolute Gasteiger partial charge is 0.255 e. The van der Waals surface area contributed by atoms with Crippen LogP contribution in [-0.4, -0.2) is 48.5 Å². The van der Waals surface area contributed by atoms with E-state index < -0.39 is 0 Å². The van der Waals surface area contributed by atoms with Crippen LogP contribution in [0.3, 0.4) is 0 Å². The maximum atomic E-state index is 12.3. The highest BCUT2D eigenvalue weighted by Gasteiger charge is 2.24. The fraction of sp³-hybridized carbons (Fsp3) is 0.600. The van der Waals surface area contributed by atoms with Crippen LogP contribution in [0.25, 0.3) is 0 Å². The molecule has 0 aromatic carbocycles. The summed E-state index contributed by atoms with van der Waals surface area (Å²) >= 11 is 3.36. The summed E-state index contributed by atoms with van der Waals surface area (Å²) in [5, 5.41) is 5.99. The topological polar surface area (TPSA) is 57.3 Å². The van der Waals surface area contributed by atoms with E-state index in [1.54, 1.807) is 19.3 Å². The second-order valence-corrected chi connectivity index (χ2v) is 6.67. The van der Waals surface area contributed by atoms with Gasteiger partial charge in [-0.15, -0.1) is 0 Å². The van der Waals surface area contributed by atoms with Gasteiger partial charge in [0.15, 0.2) is 0 Å². The fourth-order valence-corrected chi connectivity index (χ4v) is 2.97. The molecule has 1 aromatic heterocycles. The van der Waals surface area contributed by atoms with Gasteiger partial charge in [0.1, 0.15) is 5.82 Å². The van der Waals surface area contributed by atoms with Crippen LogP contribution >= 0.6 is 15.9 Å². The Morgan fingerprint density at radius 1 is 1.57 bits per heavy atom. The minimum absolute atomic E-state index is 0.0730. The molecule has 1 aliphatic rings. The van der Waals surface area contributed by atoms with Gasteiger partial charge in [-0.2, -0.15) is 0 Å². The number of nitrogens with one attached hydrogen (secondary N) is 2. The lowest BCUT2D eigenvalue weighted by molar-refractivity contribution is 0.0947. The molecule has 0 radical (unpaired) electrons. The number of halogens is 1. The number of hydrogen-bond acceptors (Lipinski definition) is 4. The first-order valence-corrected chi connectivity index (χ1v) is 8.16. The fourth-order valence-electron chi connectivity index (χ4n) is 2.64. The Morgan fingerprint density at radius 3 is 2.95 bits per heavy atom. The van der Waals surface area contributed by atoms with Crippen molar-refractivity contribution in [1.29, 1.82) is 0 Å². The van der Waals surface area contributed by atoms with E-state index in [9.17, 15) is 4.79 Å². The number of nitrogens with zero attached hydrogens (tertiary/aromatic N) is 2. The lowest BCUT2D eigenvalue weighted by Gasteiger charge is -2.20. The number of hydrogen-bond donors (Lipinski definition) is 2. The molecule has 5 nitrogen and oxygen atoms in total. The van der Waals surface area contributed by atoms with Gasteiger partial charge in [-0.25, -0.2) is 4.98 Å². The van der Waals surface area contributed by atoms with Crippen LogP contribution < -0.4 is 10.6 Å². The van der Waals surface area contributed by atoms with Crippen molar-refractivity contribution in [1.82, 2.24) is 15.2 Å². The SMILES string of the molecule is CNc1ncc(Br)cc1C(=O)NCC1CCN(C(C)C)C1. The van der Waals surface area contributed by atoms with E-state index in [0.29, 0.717) is 23.3 Å². The van der Waals surface area contributed by atoms with E-state index in [-0.39, 0.29) is 5.91 Å². The maximum Gasteiger partial charge on any atom is 0.255 e. The summed E-state index contributed by atoms with van der Waals surface area (Å²) < 4.78 is 0.804. The maximum absolute atomic E-state index is 12.3. The summed E-state index contributed by atoms with van der Waals surface area (Å²) in [5.74, 6) is 1.07. The summed E-state index contributed by atoms with van der Waals surface area (Å²) in [5.41, 5.74) is 0.575. The Hall–Kier alpha value is -1.14. The van der Waals surface area contributed by atoms with Crippen molar-refractivity contribution in [2.75, 3.05) is 32.0 Å². The molecule has 116 valence electrons. The summed E-state index contributed by atoms with van der Waals surface area (Å²) in [6.07, 6.45) is 2.83. The number of aromatic nitrogens is 1. The van der Waals surface area contributed by atoms with Gasteiger partial charge in [0, 0.05) is 36.8 Å². The quantitative estimate of drug-likeness (QED) is 0.851. The summed E-state index contributed by atoms with van der Waals surface area (Å²) in [7, 11) is 1.77. The number of amides is 1. The van der Waals surface area contributed by atoms with Gasteiger partial charge >= 0.3 is 0 Å². The lowest BCUT2D eigenvalue weighted by Crippen LogP contribution is -2.33. The van der Waals surface area contributed by atoms with E-state index in [0.717, 1.165) is 30.5 Å². The molecule has 2 N–H and O–H groups in total. The second-order valence-electron chi connectivity index (χ2n) is 5.75. The molecule has 6 heteroatoms. The van der Waals surface area contributed by atoms with Crippen molar-refractivity contribution in [2.45, 2.75) is 26.3 Å². The first-order valence-electron chi connectivity index (χ1n) is 7.36. The standard InChI is InChI=1S/C15H23BrN4O/c1-10(2)20-5-4-11(9-20)7-19-15(21)13-6-12(16)8-18-14(13)17-3/h6,8,10-11H,4-5,7,9H2,1-3H3,(H,17,18)(H,19,21). The molecule has 1 aromatic rings. The van der Waals surface area contributed by atoms with Crippen molar-refractivity contribution >= 4 is 27.7 Å². The third-order valence-corrected chi connectivity index (χ3v) is 4.37. The highest BCUT2D eigenvalue weighted by molar-refractivity contribution is 9.10. The molecule has 1 unspecified atom stereocenters. The van der Waals surface area contributed by atoms with Crippen LogP contribution in [0.1, 0.15) is 30.6 Å². The number of rotatable bonds is 5.